The summed E-state index contributed by atoms with van der Waals surface area (Å²) in [4.78, 5) is 28.9. The minimum atomic E-state index is -0.228. The van der Waals surface area contributed by atoms with Gasteiger partial charge in [-0.05, 0) is 68.7 Å². The second-order valence-corrected chi connectivity index (χ2v) is 9.71. The molecule has 0 saturated carbocycles. The van der Waals surface area contributed by atoms with Gasteiger partial charge < -0.3 is 9.80 Å². The zero-order valence-corrected chi connectivity index (χ0v) is 19.6. The van der Waals surface area contributed by atoms with E-state index in [1.165, 1.54) is 30.2 Å². The first-order chi connectivity index (χ1) is 16.4. The highest BCUT2D eigenvalue weighted by molar-refractivity contribution is 5.97. The van der Waals surface area contributed by atoms with Crippen LogP contribution in [-0.4, -0.2) is 36.2 Å². The molecule has 4 nitrogen and oxygen atoms in total. The van der Waals surface area contributed by atoms with Crippen molar-refractivity contribution in [2.24, 2.45) is 5.41 Å². The standard InChI is InChI=1S/C29H29FN2O2/c1-20-3-5-23(6-4-20)27-29(19-32(27)26-13-11-25(30)12-14-26)15-17-31(18-16-29)28(34)24-9-7-22(8-10-24)21(2)33/h3-14,27H,15-19H2,1-2H3. The van der Waals surface area contributed by atoms with Crippen molar-refractivity contribution in [1.29, 1.82) is 0 Å². The lowest BCUT2D eigenvalue weighted by atomic mass is 9.63. The van der Waals surface area contributed by atoms with Gasteiger partial charge in [-0.1, -0.05) is 42.0 Å². The van der Waals surface area contributed by atoms with E-state index in [-0.39, 0.29) is 29.0 Å². The van der Waals surface area contributed by atoms with Gasteiger partial charge in [-0.3, -0.25) is 9.59 Å². The van der Waals surface area contributed by atoms with E-state index in [0.717, 1.165) is 25.1 Å². The maximum absolute atomic E-state index is 13.5. The van der Waals surface area contributed by atoms with Crippen LogP contribution in [0.4, 0.5) is 10.1 Å². The molecule has 1 atom stereocenters. The van der Waals surface area contributed by atoms with E-state index >= 15 is 0 Å². The molecule has 2 heterocycles. The number of piperidine rings is 1. The number of anilines is 1. The van der Waals surface area contributed by atoms with Crippen molar-refractivity contribution >= 4 is 17.4 Å². The molecule has 0 N–H and O–H groups in total. The Balaban J connectivity index is 1.35. The summed E-state index contributed by atoms with van der Waals surface area (Å²) in [7, 11) is 0. The van der Waals surface area contributed by atoms with Gasteiger partial charge in [-0.15, -0.1) is 0 Å². The third-order valence-corrected chi connectivity index (χ3v) is 7.51. The van der Waals surface area contributed by atoms with Gasteiger partial charge in [0.15, 0.2) is 5.78 Å². The molecule has 0 aliphatic carbocycles. The SMILES string of the molecule is CC(=O)c1ccc(C(=O)N2CCC3(CC2)CN(c2ccc(F)cc2)C3c2ccc(C)cc2)cc1. The Hall–Kier alpha value is -3.47. The van der Waals surface area contributed by atoms with E-state index in [0.29, 0.717) is 24.2 Å². The first kappa shape index (κ1) is 22.3. The molecule has 34 heavy (non-hydrogen) atoms. The van der Waals surface area contributed by atoms with Gasteiger partial charge in [0.25, 0.3) is 5.91 Å². The lowest BCUT2D eigenvalue weighted by molar-refractivity contribution is 0.0271. The first-order valence-electron chi connectivity index (χ1n) is 11.9. The fourth-order valence-corrected chi connectivity index (χ4v) is 5.51. The van der Waals surface area contributed by atoms with Crippen LogP contribution in [-0.2, 0) is 0 Å². The number of rotatable bonds is 4. The van der Waals surface area contributed by atoms with Crippen LogP contribution in [0.5, 0.6) is 0 Å². The van der Waals surface area contributed by atoms with Gasteiger partial charge in [0.05, 0.1) is 6.04 Å². The largest absolute Gasteiger partial charge is 0.363 e. The number of ketones is 1. The zero-order chi connectivity index (χ0) is 23.9. The second-order valence-electron chi connectivity index (χ2n) is 9.71. The Morgan fingerprint density at radius 1 is 0.853 bits per heavy atom. The summed E-state index contributed by atoms with van der Waals surface area (Å²) in [5.74, 6) is -0.211. The lowest BCUT2D eigenvalue weighted by Crippen LogP contribution is -2.62. The van der Waals surface area contributed by atoms with Gasteiger partial charge in [-0.25, -0.2) is 4.39 Å². The summed E-state index contributed by atoms with van der Waals surface area (Å²) in [5.41, 5.74) is 4.84. The van der Waals surface area contributed by atoms with Crippen molar-refractivity contribution < 1.29 is 14.0 Å². The molecule has 2 aliphatic rings. The quantitative estimate of drug-likeness (QED) is 0.465. The number of aryl methyl sites for hydroxylation is 1. The molecule has 1 unspecified atom stereocenters. The summed E-state index contributed by atoms with van der Waals surface area (Å²) in [6, 6.07) is 22.6. The van der Waals surface area contributed by atoms with Crippen LogP contribution in [0.3, 0.4) is 0 Å². The Morgan fingerprint density at radius 3 is 2.03 bits per heavy atom. The zero-order valence-electron chi connectivity index (χ0n) is 19.6. The van der Waals surface area contributed by atoms with E-state index in [4.69, 9.17) is 0 Å². The highest BCUT2D eigenvalue weighted by Gasteiger charge is 2.54. The molecule has 1 spiro atoms. The average Bonchev–Trinajstić information content (AvgIpc) is 2.84. The molecule has 0 bridgehead atoms. The molecule has 2 saturated heterocycles. The van der Waals surface area contributed by atoms with Crippen molar-refractivity contribution in [2.75, 3.05) is 24.5 Å². The topological polar surface area (TPSA) is 40.6 Å². The number of hydrogen-bond donors (Lipinski definition) is 0. The lowest BCUT2D eigenvalue weighted by Gasteiger charge is -2.61. The number of nitrogens with zero attached hydrogens (tertiary/aromatic N) is 2. The third-order valence-electron chi connectivity index (χ3n) is 7.51. The summed E-state index contributed by atoms with van der Waals surface area (Å²) >= 11 is 0. The van der Waals surface area contributed by atoms with Gasteiger partial charge in [0.1, 0.15) is 5.82 Å². The molecule has 174 valence electrons. The molecule has 2 fully saturated rings. The Bertz CT molecular complexity index is 1190. The first-order valence-corrected chi connectivity index (χ1v) is 11.9. The second kappa shape index (κ2) is 8.71. The number of hydrogen-bond acceptors (Lipinski definition) is 3. The van der Waals surface area contributed by atoms with Crippen LogP contribution in [0, 0.1) is 18.2 Å². The molecule has 1 amide bonds. The van der Waals surface area contributed by atoms with Crippen LogP contribution < -0.4 is 4.90 Å². The third kappa shape index (κ3) is 4.00. The summed E-state index contributed by atoms with van der Waals surface area (Å²) in [6.45, 7) is 5.91. The smallest absolute Gasteiger partial charge is 0.253 e. The molecule has 3 aromatic rings. The van der Waals surface area contributed by atoms with E-state index in [1.54, 1.807) is 24.3 Å². The van der Waals surface area contributed by atoms with E-state index in [1.807, 2.05) is 17.0 Å². The van der Waals surface area contributed by atoms with E-state index in [2.05, 4.69) is 36.1 Å². The van der Waals surface area contributed by atoms with E-state index in [9.17, 15) is 14.0 Å². The summed E-state index contributed by atoms with van der Waals surface area (Å²) in [5, 5.41) is 0. The Kier molecular flexibility index (Phi) is 5.72. The fraction of sp³-hybridized carbons (Fsp3) is 0.310. The highest BCUT2D eigenvalue weighted by atomic mass is 19.1. The van der Waals surface area contributed by atoms with Gasteiger partial charge in [-0.2, -0.15) is 0 Å². The van der Waals surface area contributed by atoms with Crippen LogP contribution in [0.15, 0.2) is 72.8 Å². The van der Waals surface area contributed by atoms with Gasteiger partial charge >= 0.3 is 0 Å². The maximum atomic E-state index is 13.5. The molecule has 2 aliphatic heterocycles. The van der Waals surface area contributed by atoms with E-state index < -0.39 is 0 Å². The van der Waals surface area contributed by atoms with Crippen molar-refractivity contribution in [1.82, 2.24) is 4.90 Å². The number of halogens is 1. The van der Waals surface area contributed by atoms with Gasteiger partial charge in [0, 0.05) is 41.9 Å². The monoisotopic (exact) mass is 456 g/mol. The van der Waals surface area contributed by atoms with Crippen molar-refractivity contribution in [3.63, 3.8) is 0 Å². The molecule has 3 aromatic carbocycles. The molecular weight excluding hydrogens is 427 g/mol. The molecular formula is C29H29FN2O2. The molecule has 5 heteroatoms. The predicted molar refractivity (Wildman–Crippen MR) is 132 cm³/mol. The average molecular weight is 457 g/mol. The molecule has 0 aromatic heterocycles. The van der Waals surface area contributed by atoms with Crippen LogP contribution in [0.25, 0.3) is 0 Å². The number of carbonyl (C=O) groups excluding carboxylic acids is 2. The molecule has 0 radical (unpaired) electrons. The summed E-state index contributed by atoms with van der Waals surface area (Å²) in [6.07, 6.45) is 1.83. The van der Waals surface area contributed by atoms with Crippen molar-refractivity contribution in [3.8, 4) is 0 Å². The highest BCUT2D eigenvalue weighted by Crippen LogP contribution is 2.56. The van der Waals surface area contributed by atoms with Crippen LogP contribution in [0.1, 0.15) is 57.7 Å². The minimum Gasteiger partial charge on any atom is -0.363 e. The Labute approximate surface area is 200 Å². The number of benzene rings is 3. The number of carbonyl (C=O) groups is 2. The number of Topliss-reactive ketones (excluding diaryl/α,β-unsaturated/α-hetero) is 1. The van der Waals surface area contributed by atoms with Crippen LogP contribution >= 0.6 is 0 Å². The van der Waals surface area contributed by atoms with Gasteiger partial charge in [0.2, 0.25) is 0 Å². The normalized spacial score (nSPS) is 19.1. The van der Waals surface area contributed by atoms with Crippen molar-refractivity contribution in [2.45, 2.75) is 32.7 Å². The van der Waals surface area contributed by atoms with Crippen molar-refractivity contribution in [3.05, 3.63) is 101 Å². The predicted octanol–water partition coefficient (Wildman–Crippen LogP) is 5.82. The maximum Gasteiger partial charge on any atom is 0.253 e. The van der Waals surface area contributed by atoms with Crippen LogP contribution in [0.2, 0.25) is 0 Å². The fourth-order valence-electron chi connectivity index (χ4n) is 5.51. The molecule has 5 rings (SSSR count). The number of amides is 1. The minimum absolute atomic E-state index is 0.00301. The number of likely N-dealkylation sites (tertiary alicyclic amines) is 1. The Morgan fingerprint density at radius 2 is 1.44 bits per heavy atom. The summed E-state index contributed by atoms with van der Waals surface area (Å²) < 4.78 is 13.5.